The van der Waals surface area contributed by atoms with Crippen LogP contribution in [0.5, 0.6) is 0 Å². The van der Waals surface area contributed by atoms with Crippen molar-refractivity contribution in [2.24, 2.45) is 5.92 Å². The van der Waals surface area contributed by atoms with Crippen LogP contribution in [0.4, 0.5) is 0 Å². The molecule has 1 saturated heterocycles. The normalized spacial score (nSPS) is 34.2. The largest absolute Gasteiger partial charge is 0.396 e. The highest BCUT2D eigenvalue weighted by Gasteiger charge is 2.45. The van der Waals surface area contributed by atoms with E-state index in [2.05, 4.69) is 0 Å². The number of aliphatic hydroxyl groups excluding tert-OH is 1. The number of ether oxygens (including phenoxy) is 2. The van der Waals surface area contributed by atoms with Crippen LogP contribution in [-0.2, 0) is 9.47 Å². The molecule has 0 aromatic carbocycles. The predicted octanol–water partition coefficient (Wildman–Crippen LogP) is 0.912. The average molecular weight is 172 g/mol. The first-order valence-corrected chi connectivity index (χ1v) is 4.76. The molecule has 12 heavy (non-hydrogen) atoms. The van der Waals surface area contributed by atoms with Gasteiger partial charge in [0.1, 0.15) is 0 Å². The standard InChI is InChI=1S/C9H16O3/c10-7-8-3-1-2-4-9(8)11-5-6-12-9/h8,10H,1-7H2/t8-/m1/s1. The molecule has 1 saturated carbocycles. The molecular weight excluding hydrogens is 156 g/mol. The SMILES string of the molecule is OC[C@H]1CCCCC12OCCO2. The van der Waals surface area contributed by atoms with Crippen molar-refractivity contribution in [2.45, 2.75) is 31.5 Å². The van der Waals surface area contributed by atoms with Crippen molar-refractivity contribution >= 4 is 0 Å². The molecule has 0 radical (unpaired) electrons. The zero-order valence-corrected chi connectivity index (χ0v) is 7.29. The van der Waals surface area contributed by atoms with Gasteiger partial charge in [0.05, 0.1) is 19.8 Å². The van der Waals surface area contributed by atoms with Crippen molar-refractivity contribution in [1.29, 1.82) is 0 Å². The molecule has 2 aliphatic rings. The van der Waals surface area contributed by atoms with Gasteiger partial charge >= 0.3 is 0 Å². The highest BCUT2D eigenvalue weighted by molar-refractivity contribution is 4.86. The van der Waals surface area contributed by atoms with E-state index in [0.29, 0.717) is 13.2 Å². The lowest BCUT2D eigenvalue weighted by molar-refractivity contribution is -0.219. The van der Waals surface area contributed by atoms with Crippen LogP contribution in [0.2, 0.25) is 0 Å². The minimum atomic E-state index is -0.410. The Bertz CT molecular complexity index is 152. The predicted molar refractivity (Wildman–Crippen MR) is 43.7 cm³/mol. The molecule has 1 atom stereocenters. The van der Waals surface area contributed by atoms with Gasteiger partial charge in [-0.25, -0.2) is 0 Å². The van der Waals surface area contributed by atoms with Crippen LogP contribution in [0.3, 0.4) is 0 Å². The van der Waals surface area contributed by atoms with E-state index in [9.17, 15) is 0 Å². The Morgan fingerprint density at radius 2 is 2.00 bits per heavy atom. The molecule has 0 amide bonds. The summed E-state index contributed by atoms with van der Waals surface area (Å²) < 4.78 is 11.2. The second kappa shape index (κ2) is 3.32. The maximum atomic E-state index is 9.16. The topological polar surface area (TPSA) is 38.7 Å². The number of hydrogen-bond acceptors (Lipinski definition) is 3. The van der Waals surface area contributed by atoms with Crippen molar-refractivity contribution < 1.29 is 14.6 Å². The van der Waals surface area contributed by atoms with Gasteiger partial charge in [0.25, 0.3) is 0 Å². The first kappa shape index (κ1) is 8.48. The van der Waals surface area contributed by atoms with E-state index in [4.69, 9.17) is 14.6 Å². The van der Waals surface area contributed by atoms with Gasteiger partial charge < -0.3 is 14.6 Å². The molecule has 70 valence electrons. The van der Waals surface area contributed by atoms with Crippen LogP contribution in [-0.4, -0.2) is 30.7 Å². The summed E-state index contributed by atoms with van der Waals surface area (Å²) in [6.07, 6.45) is 4.35. The maximum absolute atomic E-state index is 9.16. The minimum absolute atomic E-state index is 0.194. The van der Waals surface area contributed by atoms with Crippen LogP contribution < -0.4 is 0 Å². The third-order valence-corrected chi connectivity index (χ3v) is 2.95. The van der Waals surface area contributed by atoms with E-state index in [0.717, 1.165) is 19.3 Å². The fraction of sp³-hybridized carbons (Fsp3) is 1.00. The number of aliphatic hydroxyl groups is 1. The van der Waals surface area contributed by atoms with Crippen molar-refractivity contribution in [2.75, 3.05) is 19.8 Å². The fourth-order valence-corrected chi connectivity index (χ4v) is 2.27. The fourth-order valence-electron chi connectivity index (χ4n) is 2.27. The van der Waals surface area contributed by atoms with Crippen LogP contribution in [0, 0.1) is 5.92 Å². The lowest BCUT2D eigenvalue weighted by Gasteiger charge is -2.38. The van der Waals surface area contributed by atoms with Gasteiger partial charge in [-0.15, -0.1) is 0 Å². The van der Waals surface area contributed by atoms with Crippen molar-refractivity contribution in [3.05, 3.63) is 0 Å². The Labute approximate surface area is 72.7 Å². The highest BCUT2D eigenvalue weighted by atomic mass is 16.7. The van der Waals surface area contributed by atoms with Gasteiger partial charge in [0, 0.05) is 12.3 Å². The molecule has 1 heterocycles. The van der Waals surface area contributed by atoms with Crippen molar-refractivity contribution in [3.63, 3.8) is 0 Å². The van der Waals surface area contributed by atoms with Gasteiger partial charge in [-0.3, -0.25) is 0 Å². The number of hydrogen-bond donors (Lipinski definition) is 1. The van der Waals surface area contributed by atoms with Gasteiger partial charge in [0.2, 0.25) is 0 Å². The molecule has 2 rings (SSSR count). The van der Waals surface area contributed by atoms with Gasteiger partial charge in [-0.05, 0) is 12.8 Å². The van der Waals surface area contributed by atoms with E-state index in [1.807, 2.05) is 0 Å². The van der Waals surface area contributed by atoms with E-state index in [-0.39, 0.29) is 12.5 Å². The lowest BCUT2D eigenvalue weighted by Crippen LogP contribution is -2.43. The average Bonchev–Trinajstić information content (AvgIpc) is 2.55. The first-order valence-electron chi connectivity index (χ1n) is 4.76. The number of rotatable bonds is 1. The van der Waals surface area contributed by atoms with Gasteiger partial charge in [-0.2, -0.15) is 0 Å². The summed E-state index contributed by atoms with van der Waals surface area (Å²) in [4.78, 5) is 0. The summed E-state index contributed by atoms with van der Waals surface area (Å²) in [7, 11) is 0. The molecular formula is C9H16O3. The Morgan fingerprint density at radius 1 is 1.25 bits per heavy atom. The van der Waals surface area contributed by atoms with E-state index in [1.54, 1.807) is 0 Å². The molecule has 1 spiro atoms. The molecule has 1 aliphatic carbocycles. The molecule has 0 unspecified atom stereocenters. The zero-order valence-electron chi connectivity index (χ0n) is 7.29. The molecule has 1 aliphatic heterocycles. The van der Waals surface area contributed by atoms with Crippen LogP contribution >= 0.6 is 0 Å². The molecule has 3 nitrogen and oxygen atoms in total. The Balaban J connectivity index is 2.07. The zero-order chi connectivity index (χ0) is 8.44. The Hall–Kier alpha value is -0.120. The molecule has 0 bridgehead atoms. The first-order chi connectivity index (χ1) is 5.87. The summed E-state index contributed by atoms with van der Waals surface area (Å²) in [5.41, 5.74) is 0. The summed E-state index contributed by atoms with van der Waals surface area (Å²) in [5.74, 6) is -0.207. The van der Waals surface area contributed by atoms with E-state index in [1.165, 1.54) is 6.42 Å². The minimum Gasteiger partial charge on any atom is -0.396 e. The second-order valence-corrected chi connectivity index (χ2v) is 3.63. The Kier molecular flexibility index (Phi) is 2.35. The molecule has 2 fully saturated rings. The van der Waals surface area contributed by atoms with Gasteiger partial charge in [0.15, 0.2) is 5.79 Å². The van der Waals surface area contributed by atoms with Crippen LogP contribution in [0.1, 0.15) is 25.7 Å². The molecule has 0 aromatic rings. The lowest BCUT2D eigenvalue weighted by atomic mass is 9.84. The monoisotopic (exact) mass is 172 g/mol. The molecule has 3 heteroatoms. The third-order valence-electron chi connectivity index (χ3n) is 2.95. The quantitative estimate of drug-likeness (QED) is 0.639. The van der Waals surface area contributed by atoms with Crippen molar-refractivity contribution in [3.8, 4) is 0 Å². The molecule has 1 N–H and O–H groups in total. The van der Waals surface area contributed by atoms with Crippen LogP contribution in [0.15, 0.2) is 0 Å². The third kappa shape index (κ3) is 1.26. The van der Waals surface area contributed by atoms with Crippen LogP contribution in [0.25, 0.3) is 0 Å². The highest BCUT2D eigenvalue weighted by Crippen LogP contribution is 2.39. The summed E-state index contributed by atoms with van der Waals surface area (Å²) in [6, 6.07) is 0. The summed E-state index contributed by atoms with van der Waals surface area (Å²) in [6.45, 7) is 1.58. The Morgan fingerprint density at radius 3 is 2.67 bits per heavy atom. The smallest absolute Gasteiger partial charge is 0.173 e. The summed E-state index contributed by atoms with van der Waals surface area (Å²) in [5, 5.41) is 9.16. The van der Waals surface area contributed by atoms with Crippen molar-refractivity contribution in [1.82, 2.24) is 0 Å². The van der Waals surface area contributed by atoms with E-state index < -0.39 is 5.79 Å². The summed E-state index contributed by atoms with van der Waals surface area (Å²) >= 11 is 0. The second-order valence-electron chi connectivity index (χ2n) is 3.63. The van der Waals surface area contributed by atoms with E-state index >= 15 is 0 Å². The molecule has 0 aromatic heterocycles. The maximum Gasteiger partial charge on any atom is 0.173 e. The van der Waals surface area contributed by atoms with Gasteiger partial charge in [-0.1, -0.05) is 6.42 Å².